The van der Waals surface area contributed by atoms with E-state index < -0.39 is 6.10 Å². The third-order valence-corrected chi connectivity index (χ3v) is 12.0. The highest BCUT2D eigenvalue weighted by Crippen LogP contribution is 2.16. The number of rotatable bonds is 50. The molecule has 0 aromatic rings. The monoisotopic (exact) mass is 945 g/mol. The fraction of sp³-hybridized carbons (Fsp3) is 0.694. The number of unbranched alkanes of at least 4 members (excludes halogenated alkanes) is 29. The molecule has 6 nitrogen and oxygen atoms in total. The lowest BCUT2D eigenvalue weighted by molar-refractivity contribution is -0.167. The van der Waals surface area contributed by atoms with Gasteiger partial charge in [0.05, 0.1) is 0 Å². The summed E-state index contributed by atoms with van der Waals surface area (Å²) in [6.07, 6.45) is 73.9. The average Bonchev–Trinajstić information content (AvgIpc) is 3.34. The lowest BCUT2D eigenvalue weighted by Gasteiger charge is -2.18. The molecule has 0 radical (unpaired) electrons. The molecule has 0 bridgehead atoms. The van der Waals surface area contributed by atoms with Crippen molar-refractivity contribution in [3.8, 4) is 0 Å². The maximum absolute atomic E-state index is 12.8. The van der Waals surface area contributed by atoms with Crippen LogP contribution < -0.4 is 0 Å². The van der Waals surface area contributed by atoms with Gasteiger partial charge in [-0.05, 0) is 64.2 Å². The SMILES string of the molecule is CC\C=C/C=C\C=C/C=C\C=C\C=C/CCCCCC(=O)OC(COC(=O)CCCCCCCCCCCC/C=C\C=C/CCCCC)COC(=O)CCCCCCCCCCCCCCCC. The van der Waals surface area contributed by atoms with Crippen molar-refractivity contribution in [2.75, 3.05) is 13.2 Å². The maximum atomic E-state index is 12.8. The minimum atomic E-state index is -0.802. The molecule has 0 N–H and O–H groups in total. The number of esters is 3. The van der Waals surface area contributed by atoms with E-state index in [0.29, 0.717) is 19.3 Å². The maximum Gasteiger partial charge on any atom is 0.306 e. The van der Waals surface area contributed by atoms with E-state index in [1.165, 1.54) is 148 Å². The summed E-state index contributed by atoms with van der Waals surface area (Å²) in [6, 6.07) is 0. The zero-order valence-electron chi connectivity index (χ0n) is 44.3. The lowest BCUT2D eigenvalue weighted by atomic mass is 10.0. The summed E-state index contributed by atoms with van der Waals surface area (Å²) in [6.45, 7) is 6.44. The Morgan fingerprint density at radius 2 is 0.574 bits per heavy atom. The highest BCUT2D eigenvalue weighted by molar-refractivity contribution is 5.71. The van der Waals surface area contributed by atoms with Crippen molar-refractivity contribution in [1.29, 1.82) is 0 Å². The summed E-state index contributed by atoms with van der Waals surface area (Å²) in [7, 11) is 0. The van der Waals surface area contributed by atoms with Crippen LogP contribution in [-0.4, -0.2) is 37.2 Å². The molecule has 0 saturated heterocycles. The number of hydrogen-bond donors (Lipinski definition) is 0. The van der Waals surface area contributed by atoms with Crippen LogP contribution in [0.4, 0.5) is 0 Å². The van der Waals surface area contributed by atoms with Crippen molar-refractivity contribution >= 4 is 17.9 Å². The van der Waals surface area contributed by atoms with Crippen LogP contribution in [0.5, 0.6) is 0 Å². The Balaban J connectivity index is 4.46. The second-order valence-electron chi connectivity index (χ2n) is 18.7. The first-order valence-corrected chi connectivity index (χ1v) is 28.3. The molecule has 0 aromatic heterocycles. The summed E-state index contributed by atoms with van der Waals surface area (Å²) in [5.41, 5.74) is 0. The number of allylic oxidation sites excluding steroid dienone is 16. The predicted molar refractivity (Wildman–Crippen MR) is 293 cm³/mol. The zero-order chi connectivity index (χ0) is 49.3. The van der Waals surface area contributed by atoms with Crippen LogP contribution in [0, 0.1) is 0 Å². The minimum Gasteiger partial charge on any atom is -0.462 e. The van der Waals surface area contributed by atoms with Crippen molar-refractivity contribution in [2.24, 2.45) is 0 Å². The summed E-state index contributed by atoms with van der Waals surface area (Å²) < 4.78 is 16.8. The van der Waals surface area contributed by atoms with Gasteiger partial charge in [0, 0.05) is 19.3 Å². The van der Waals surface area contributed by atoms with Gasteiger partial charge in [0.2, 0.25) is 0 Å². The van der Waals surface area contributed by atoms with Gasteiger partial charge in [0.25, 0.3) is 0 Å². The van der Waals surface area contributed by atoms with Crippen LogP contribution in [0.2, 0.25) is 0 Å². The van der Waals surface area contributed by atoms with Gasteiger partial charge < -0.3 is 14.2 Å². The molecule has 1 atom stereocenters. The van der Waals surface area contributed by atoms with Gasteiger partial charge in [-0.3, -0.25) is 14.4 Å². The predicted octanol–water partition coefficient (Wildman–Crippen LogP) is 18.9. The zero-order valence-corrected chi connectivity index (χ0v) is 44.3. The molecule has 0 aliphatic heterocycles. The molecule has 0 fully saturated rings. The smallest absolute Gasteiger partial charge is 0.306 e. The van der Waals surface area contributed by atoms with Crippen molar-refractivity contribution in [3.05, 3.63) is 97.2 Å². The molecular weight excluding hydrogens is 841 g/mol. The van der Waals surface area contributed by atoms with Gasteiger partial charge >= 0.3 is 17.9 Å². The Hall–Kier alpha value is -3.67. The minimum absolute atomic E-state index is 0.0954. The molecule has 1 unspecified atom stereocenters. The summed E-state index contributed by atoms with van der Waals surface area (Å²) in [5, 5.41) is 0. The summed E-state index contributed by atoms with van der Waals surface area (Å²) >= 11 is 0. The van der Waals surface area contributed by atoms with E-state index in [1.807, 2.05) is 60.8 Å². The molecule has 0 heterocycles. The van der Waals surface area contributed by atoms with E-state index in [1.54, 1.807) is 0 Å². The van der Waals surface area contributed by atoms with Crippen LogP contribution >= 0.6 is 0 Å². The first kappa shape index (κ1) is 64.3. The Morgan fingerprint density at radius 1 is 0.309 bits per heavy atom. The van der Waals surface area contributed by atoms with E-state index >= 15 is 0 Å². The molecule has 0 amide bonds. The topological polar surface area (TPSA) is 78.9 Å². The highest BCUT2D eigenvalue weighted by Gasteiger charge is 2.19. The van der Waals surface area contributed by atoms with E-state index in [2.05, 4.69) is 57.2 Å². The average molecular weight is 946 g/mol. The summed E-state index contributed by atoms with van der Waals surface area (Å²) in [4.78, 5) is 38.1. The number of hydrogen-bond acceptors (Lipinski definition) is 6. The Labute approximate surface area is 419 Å². The van der Waals surface area contributed by atoms with Crippen LogP contribution in [0.15, 0.2) is 97.2 Å². The van der Waals surface area contributed by atoms with Crippen molar-refractivity contribution < 1.29 is 28.6 Å². The molecule has 68 heavy (non-hydrogen) atoms. The Morgan fingerprint density at radius 3 is 0.956 bits per heavy atom. The molecule has 0 spiro atoms. The van der Waals surface area contributed by atoms with Gasteiger partial charge in [-0.1, -0.05) is 272 Å². The first-order chi connectivity index (χ1) is 33.5. The van der Waals surface area contributed by atoms with E-state index in [-0.39, 0.29) is 37.5 Å². The number of ether oxygens (including phenoxy) is 3. The van der Waals surface area contributed by atoms with Gasteiger partial charge in [0.15, 0.2) is 6.10 Å². The van der Waals surface area contributed by atoms with Crippen molar-refractivity contribution in [2.45, 2.75) is 264 Å². The molecule has 388 valence electrons. The lowest BCUT2D eigenvalue weighted by Crippen LogP contribution is -2.30. The third-order valence-electron chi connectivity index (χ3n) is 12.0. The normalized spacial score (nSPS) is 12.8. The molecule has 0 aromatic carbocycles. The molecule has 6 heteroatoms. The van der Waals surface area contributed by atoms with E-state index in [4.69, 9.17) is 14.2 Å². The molecule has 0 aliphatic carbocycles. The Kier molecular flexibility index (Phi) is 52.9. The molecule has 0 rings (SSSR count). The number of carbonyl (C=O) groups is 3. The van der Waals surface area contributed by atoms with E-state index in [0.717, 1.165) is 64.2 Å². The van der Waals surface area contributed by atoms with Gasteiger partial charge in [0.1, 0.15) is 13.2 Å². The molecular formula is C62H104O6. The van der Waals surface area contributed by atoms with Gasteiger partial charge in [-0.2, -0.15) is 0 Å². The fourth-order valence-electron chi connectivity index (χ4n) is 7.76. The standard InChI is InChI=1S/C62H104O6/c1-4-7-10-13-16-19-22-25-28-30-31-33-34-37-40-43-46-49-52-55-61(64)67-58-59(57-66-60(63)54-51-48-45-42-39-36-27-24-21-18-15-12-9-6-3)68-62(65)56-53-50-47-44-41-38-35-32-29-26-23-20-17-14-11-8-5-2/h8,11,14,16-17,19-20,22-23,25-26,29,32,35,38,41,59H,4-7,9-10,12-13,15,18,21,24,27-28,30-31,33-34,36-37,39-40,42-58H2,1-3H3/b11-8-,17-14-,19-16-,23-20-,25-22-,29-26-,35-32+,41-38-. The van der Waals surface area contributed by atoms with Crippen LogP contribution in [0.25, 0.3) is 0 Å². The Bertz CT molecular complexity index is 1360. The van der Waals surface area contributed by atoms with Crippen LogP contribution in [0.1, 0.15) is 258 Å². The second-order valence-corrected chi connectivity index (χ2v) is 18.7. The largest absolute Gasteiger partial charge is 0.462 e. The fourth-order valence-corrected chi connectivity index (χ4v) is 7.76. The molecule has 0 saturated carbocycles. The van der Waals surface area contributed by atoms with Gasteiger partial charge in [-0.25, -0.2) is 0 Å². The number of carbonyl (C=O) groups excluding carboxylic acids is 3. The van der Waals surface area contributed by atoms with Crippen molar-refractivity contribution in [1.82, 2.24) is 0 Å². The quantitative estimate of drug-likeness (QED) is 0.0262. The van der Waals surface area contributed by atoms with Crippen LogP contribution in [-0.2, 0) is 28.6 Å². The summed E-state index contributed by atoms with van der Waals surface area (Å²) in [5.74, 6) is -0.938. The second kappa shape index (κ2) is 55.9. The van der Waals surface area contributed by atoms with Gasteiger partial charge in [-0.15, -0.1) is 0 Å². The highest BCUT2D eigenvalue weighted by atomic mass is 16.6. The van der Waals surface area contributed by atoms with Crippen LogP contribution in [0.3, 0.4) is 0 Å². The third kappa shape index (κ3) is 53.3. The molecule has 0 aliphatic rings. The van der Waals surface area contributed by atoms with Crippen molar-refractivity contribution in [3.63, 3.8) is 0 Å². The van der Waals surface area contributed by atoms with E-state index in [9.17, 15) is 14.4 Å². The first-order valence-electron chi connectivity index (χ1n) is 28.3.